The molecular weight excluding hydrogens is 268 g/mol. The molecule has 1 rings (SSSR count). The number of hydrogen-bond donors (Lipinski definition) is 1. The van der Waals surface area contributed by atoms with Crippen molar-refractivity contribution in [1.29, 1.82) is 0 Å². The van der Waals surface area contributed by atoms with E-state index >= 15 is 0 Å². The molecule has 0 aromatic heterocycles. The fourth-order valence-electron chi connectivity index (χ4n) is 1.86. The monoisotopic (exact) mass is 288 g/mol. The van der Waals surface area contributed by atoms with E-state index in [1.807, 2.05) is 26.0 Å². The molecule has 2 amide bonds. The Kier molecular flexibility index (Phi) is 6.28. The highest BCUT2D eigenvalue weighted by Gasteiger charge is 2.21. The van der Waals surface area contributed by atoms with Gasteiger partial charge in [0.25, 0.3) is 0 Å². The van der Waals surface area contributed by atoms with E-state index in [0.717, 1.165) is 5.56 Å². The first-order valence-corrected chi connectivity index (χ1v) is 6.78. The highest BCUT2D eigenvalue weighted by atomic mass is 16.4. The van der Waals surface area contributed by atoms with E-state index in [2.05, 4.69) is 5.92 Å². The molecule has 0 radical (unpaired) electrons. The molecule has 0 fully saturated rings. The Morgan fingerprint density at radius 2 is 1.90 bits per heavy atom. The van der Waals surface area contributed by atoms with E-state index in [1.165, 1.54) is 9.80 Å². The fourth-order valence-corrected chi connectivity index (χ4v) is 1.86. The zero-order chi connectivity index (χ0) is 15.8. The van der Waals surface area contributed by atoms with Gasteiger partial charge in [0.2, 0.25) is 0 Å². The summed E-state index contributed by atoms with van der Waals surface area (Å²) >= 11 is 0. The predicted molar refractivity (Wildman–Crippen MR) is 82.3 cm³/mol. The van der Waals surface area contributed by atoms with Crippen LogP contribution in [0.3, 0.4) is 0 Å². The lowest BCUT2D eigenvalue weighted by Gasteiger charge is -2.28. The molecule has 0 heterocycles. The van der Waals surface area contributed by atoms with Crippen molar-refractivity contribution in [1.82, 2.24) is 4.90 Å². The Bertz CT molecular complexity index is 531. The van der Waals surface area contributed by atoms with Crippen LogP contribution in [-0.2, 0) is 4.79 Å². The number of nitrogens with zero attached hydrogens (tertiary/aromatic N) is 2. The standard InChI is InChI=1S/C16H20N2O3/c1-4-11-17(5-2)16(21)18(12-10-15(19)20)14-8-6-13(3)7-9-14/h1,6-9H,5,10-12H2,2-3H3,(H,19,20). The summed E-state index contributed by atoms with van der Waals surface area (Å²) in [6, 6.07) is 7.10. The number of benzene rings is 1. The number of hydrogen-bond acceptors (Lipinski definition) is 2. The van der Waals surface area contributed by atoms with Crippen LogP contribution in [0.25, 0.3) is 0 Å². The van der Waals surface area contributed by atoms with Gasteiger partial charge in [0.05, 0.1) is 13.0 Å². The topological polar surface area (TPSA) is 60.9 Å². The van der Waals surface area contributed by atoms with Crippen LogP contribution in [0.15, 0.2) is 24.3 Å². The quantitative estimate of drug-likeness (QED) is 0.817. The first kappa shape index (κ1) is 16.6. The second-order valence-corrected chi connectivity index (χ2v) is 4.63. The lowest BCUT2D eigenvalue weighted by molar-refractivity contribution is -0.136. The normalized spacial score (nSPS) is 9.76. The molecule has 0 aliphatic rings. The number of terminal acetylenes is 1. The van der Waals surface area contributed by atoms with Gasteiger partial charge in [0.1, 0.15) is 0 Å². The fraction of sp³-hybridized carbons (Fsp3) is 0.375. The van der Waals surface area contributed by atoms with Gasteiger partial charge >= 0.3 is 12.0 Å². The Balaban J connectivity index is 3.00. The number of urea groups is 1. The van der Waals surface area contributed by atoms with Crippen molar-refractivity contribution in [2.75, 3.05) is 24.5 Å². The minimum absolute atomic E-state index is 0.109. The van der Waals surface area contributed by atoms with Gasteiger partial charge in [-0.1, -0.05) is 23.6 Å². The van der Waals surface area contributed by atoms with Crippen molar-refractivity contribution in [3.05, 3.63) is 29.8 Å². The number of carboxylic acids is 1. The predicted octanol–water partition coefficient (Wildman–Crippen LogP) is 2.35. The third-order valence-electron chi connectivity index (χ3n) is 3.06. The van der Waals surface area contributed by atoms with Crippen LogP contribution in [0.1, 0.15) is 18.9 Å². The van der Waals surface area contributed by atoms with Crippen LogP contribution in [0.5, 0.6) is 0 Å². The van der Waals surface area contributed by atoms with Crippen LogP contribution in [0.4, 0.5) is 10.5 Å². The van der Waals surface area contributed by atoms with Crippen LogP contribution >= 0.6 is 0 Å². The summed E-state index contributed by atoms with van der Waals surface area (Å²) in [5.74, 6) is 1.50. The van der Waals surface area contributed by atoms with Gasteiger partial charge in [-0.2, -0.15) is 0 Å². The molecular formula is C16H20N2O3. The minimum Gasteiger partial charge on any atom is -0.481 e. The number of amides is 2. The summed E-state index contributed by atoms with van der Waals surface area (Å²) in [5, 5.41) is 8.85. The van der Waals surface area contributed by atoms with Crippen molar-refractivity contribution >= 4 is 17.7 Å². The third-order valence-corrected chi connectivity index (χ3v) is 3.06. The Hall–Kier alpha value is -2.48. The largest absolute Gasteiger partial charge is 0.481 e. The molecule has 1 N–H and O–H groups in total. The molecule has 5 nitrogen and oxygen atoms in total. The number of anilines is 1. The molecule has 0 unspecified atom stereocenters. The molecule has 0 bridgehead atoms. The molecule has 0 saturated heterocycles. The minimum atomic E-state index is -0.945. The van der Waals surface area contributed by atoms with Gasteiger partial charge < -0.3 is 10.0 Å². The SMILES string of the molecule is C#CCN(CC)C(=O)N(CCC(=O)O)c1ccc(C)cc1. The summed E-state index contributed by atoms with van der Waals surface area (Å²) in [4.78, 5) is 26.3. The Labute approximate surface area is 125 Å². The lowest BCUT2D eigenvalue weighted by atomic mass is 10.2. The molecule has 0 saturated carbocycles. The molecule has 1 aromatic carbocycles. The number of aryl methyl sites for hydroxylation is 1. The zero-order valence-corrected chi connectivity index (χ0v) is 12.4. The first-order valence-electron chi connectivity index (χ1n) is 6.78. The number of aliphatic carboxylic acids is 1. The summed E-state index contributed by atoms with van der Waals surface area (Å²) in [7, 11) is 0. The van der Waals surface area contributed by atoms with Crippen LogP contribution < -0.4 is 4.90 Å². The second-order valence-electron chi connectivity index (χ2n) is 4.63. The van der Waals surface area contributed by atoms with Gasteiger partial charge in [-0.3, -0.25) is 9.69 Å². The first-order chi connectivity index (χ1) is 9.99. The Morgan fingerprint density at radius 3 is 2.38 bits per heavy atom. The van der Waals surface area contributed by atoms with Crippen LogP contribution in [0, 0.1) is 19.3 Å². The summed E-state index contributed by atoms with van der Waals surface area (Å²) in [6.07, 6.45) is 5.15. The van der Waals surface area contributed by atoms with Crippen molar-refractivity contribution in [2.45, 2.75) is 20.3 Å². The van der Waals surface area contributed by atoms with E-state index in [0.29, 0.717) is 12.2 Å². The molecule has 0 atom stereocenters. The van der Waals surface area contributed by atoms with E-state index in [-0.39, 0.29) is 25.5 Å². The van der Waals surface area contributed by atoms with E-state index in [4.69, 9.17) is 11.5 Å². The number of carbonyl (C=O) groups is 2. The maximum absolute atomic E-state index is 12.5. The van der Waals surface area contributed by atoms with Gasteiger partial charge in [0, 0.05) is 18.8 Å². The molecule has 5 heteroatoms. The maximum atomic E-state index is 12.5. The van der Waals surface area contributed by atoms with E-state index in [9.17, 15) is 9.59 Å². The summed E-state index contributed by atoms with van der Waals surface area (Å²) in [6.45, 7) is 4.56. The smallest absolute Gasteiger partial charge is 0.325 e. The Morgan fingerprint density at radius 1 is 1.29 bits per heavy atom. The van der Waals surface area contributed by atoms with Crippen molar-refractivity contribution in [3.8, 4) is 12.3 Å². The van der Waals surface area contributed by atoms with Gasteiger partial charge in [-0.15, -0.1) is 6.42 Å². The molecule has 21 heavy (non-hydrogen) atoms. The van der Waals surface area contributed by atoms with Crippen LogP contribution in [0.2, 0.25) is 0 Å². The summed E-state index contributed by atoms with van der Waals surface area (Å²) in [5.41, 5.74) is 1.74. The average molecular weight is 288 g/mol. The summed E-state index contributed by atoms with van der Waals surface area (Å²) < 4.78 is 0. The second kappa shape index (κ2) is 7.95. The number of carboxylic acid groups (broad SMARTS) is 1. The maximum Gasteiger partial charge on any atom is 0.325 e. The van der Waals surface area contributed by atoms with E-state index in [1.54, 1.807) is 12.1 Å². The highest BCUT2D eigenvalue weighted by Crippen LogP contribution is 2.17. The molecule has 1 aromatic rings. The van der Waals surface area contributed by atoms with Crippen LogP contribution in [-0.4, -0.2) is 41.6 Å². The molecule has 0 aliphatic carbocycles. The number of rotatable bonds is 6. The van der Waals surface area contributed by atoms with Crippen molar-refractivity contribution in [3.63, 3.8) is 0 Å². The number of carbonyl (C=O) groups excluding carboxylic acids is 1. The average Bonchev–Trinajstić information content (AvgIpc) is 2.46. The van der Waals surface area contributed by atoms with Gasteiger partial charge in [-0.25, -0.2) is 4.79 Å². The lowest BCUT2D eigenvalue weighted by Crippen LogP contribution is -2.44. The molecule has 112 valence electrons. The molecule has 0 spiro atoms. The van der Waals surface area contributed by atoms with Crippen molar-refractivity contribution < 1.29 is 14.7 Å². The van der Waals surface area contributed by atoms with E-state index < -0.39 is 5.97 Å². The van der Waals surface area contributed by atoms with Gasteiger partial charge in [0.15, 0.2) is 0 Å². The highest BCUT2D eigenvalue weighted by molar-refractivity contribution is 5.92. The molecule has 0 aliphatic heterocycles. The third kappa shape index (κ3) is 4.84. The van der Waals surface area contributed by atoms with Gasteiger partial charge in [-0.05, 0) is 26.0 Å². The zero-order valence-electron chi connectivity index (χ0n) is 12.4. The van der Waals surface area contributed by atoms with Crippen molar-refractivity contribution in [2.24, 2.45) is 0 Å².